The number of aromatic nitrogens is 2. The minimum atomic E-state index is -1.90. The lowest BCUT2D eigenvalue weighted by Gasteiger charge is -2.31. The second-order valence-corrected chi connectivity index (χ2v) is 12.7. The predicted molar refractivity (Wildman–Crippen MR) is 177 cm³/mol. The van der Waals surface area contributed by atoms with E-state index < -0.39 is 48.6 Å². The lowest BCUT2D eigenvalue weighted by molar-refractivity contribution is -0.193. The molecule has 0 saturated carbocycles. The van der Waals surface area contributed by atoms with Crippen molar-refractivity contribution in [3.8, 4) is 11.4 Å². The lowest BCUT2D eigenvalue weighted by Crippen LogP contribution is -2.44. The Morgan fingerprint density at radius 1 is 0.980 bits per heavy atom. The Kier molecular flexibility index (Phi) is 10.6. The van der Waals surface area contributed by atoms with Crippen LogP contribution in [-0.2, 0) is 53.8 Å². The van der Waals surface area contributed by atoms with Gasteiger partial charge in [-0.3, -0.25) is 4.79 Å². The number of hydrogen-bond donors (Lipinski definition) is 5. The highest BCUT2D eigenvalue weighted by Crippen LogP contribution is 2.40. The molecule has 14 heteroatoms. The molecule has 7 rings (SSSR count). The molecule has 7 atom stereocenters. The fraction of sp³-hybridized carbons (Fsp3) is 0.472. The van der Waals surface area contributed by atoms with Crippen LogP contribution in [0.2, 0.25) is 0 Å². The molecule has 4 aliphatic heterocycles. The average molecular weight is 695 g/mol. The molecule has 4 aliphatic rings. The first-order valence-electron chi connectivity index (χ1n) is 16.6. The molecule has 6 heterocycles. The molecule has 2 aromatic heterocycles. The van der Waals surface area contributed by atoms with Crippen LogP contribution in [0, 0.1) is 0 Å². The fourth-order valence-corrected chi connectivity index (χ4v) is 6.44. The first kappa shape index (κ1) is 36.0. The van der Waals surface area contributed by atoms with Gasteiger partial charge in [-0.25, -0.2) is 9.78 Å². The summed E-state index contributed by atoms with van der Waals surface area (Å²) in [5, 5.41) is 49.5. The maximum Gasteiger partial charge on any atom is 0.343 e. The molecular weight excluding hydrogens is 652 g/mol. The van der Waals surface area contributed by atoms with Crippen molar-refractivity contribution in [2.75, 3.05) is 13.2 Å². The number of hydrogen-bond acceptors (Lipinski definition) is 13. The van der Waals surface area contributed by atoms with Gasteiger partial charge in [-0.15, -0.1) is 0 Å². The smallest absolute Gasteiger partial charge is 0.343 e. The van der Waals surface area contributed by atoms with Gasteiger partial charge in [0.15, 0.2) is 18.2 Å². The second-order valence-electron chi connectivity index (χ2n) is 12.7. The van der Waals surface area contributed by atoms with Crippen molar-refractivity contribution in [2.24, 2.45) is 0 Å². The maximum absolute atomic E-state index is 13.5. The van der Waals surface area contributed by atoms with E-state index in [1.807, 2.05) is 38.1 Å². The zero-order valence-electron chi connectivity index (χ0n) is 28.0. The molecule has 0 bridgehead atoms. The Labute approximate surface area is 287 Å². The predicted octanol–water partition coefficient (Wildman–Crippen LogP) is 1.28. The van der Waals surface area contributed by atoms with Crippen LogP contribution in [0.3, 0.4) is 0 Å². The number of esters is 1. The largest absolute Gasteiger partial charge is 0.458 e. The highest BCUT2D eigenvalue weighted by atomic mass is 16.7. The monoisotopic (exact) mass is 694 g/mol. The number of para-hydroxylation sites is 1. The van der Waals surface area contributed by atoms with Crippen LogP contribution >= 0.6 is 0 Å². The number of ether oxygens (including phenoxy) is 5. The van der Waals surface area contributed by atoms with E-state index in [0.717, 1.165) is 16.5 Å². The zero-order chi connectivity index (χ0) is 35.7. The van der Waals surface area contributed by atoms with Crippen molar-refractivity contribution < 1.29 is 54.0 Å². The van der Waals surface area contributed by atoms with Crippen LogP contribution in [0.4, 0.5) is 0 Å². The van der Waals surface area contributed by atoms with Gasteiger partial charge in [-0.05, 0) is 50.1 Å². The third-order valence-electron chi connectivity index (χ3n) is 9.18. The standard InChI is InChI=1S/C27H26N2O8.C9H16O4/c1-2-27(34)18-9-20-24-15(10-29(20)25(32)17(18)13-36-26(27)33)16(14-5-3-4-6-19(14)28-24)12-35-23-8-7-21(31)22(11-30)37-23;1-6(2)12-9-4-3-7(11)8(5-10)13-9/h3-9,21-23,30-31,34H,2,10-13H2,1H3;3-4,6-11H,5H2,1-2H3/t21?,22?,23?,27-;7-,8+,9-/m00/s1. The van der Waals surface area contributed by atoms with E-state index in [4.69, 9.17) is 33.8 Å². The topological polar surface area (TPSA) is 199 Å². The van der Waals surface area contributed by atoms with Gasteiger partial charge in [0.1, 0.15) is 31.0 Å². The van der Waals surface area contributed by atoms with E-state index in [1.165, 1.54) is 6.08 Å². The van der Waals surface area contributed by atoms with Crippen LogP contribution < -0.4 is 5.56 Å². The minimum absolute atomic E-state index is 0.0595. The molecule has 1 aromatic carbocycles. The molecule has 268 valence electrons. The van der Waals surface area contributed by atoms with Gasteiger partial charge < -0.3 is 53.8 Å². The Morgan fingerprint density at radius 3 is 2.30 bits per heavy atom. The number of aliphatic hydroxyl groups is 5. The fourth-order valence-electron chi connectivity index (χ4n) is 6.44. The van der Waals surface area contributed by atoms with Gasteiger partial charge in [0, 0.05) is 16.5 Å². The molecule has 3 aromatic rings. The van der Waals surface area contributed by atoms with E-state index in [0.29, 0.717) is 16.9 Å². The lowest BCUT2D eigenvalue weighted by atomic mass is 9.86. The number of carbonyl (C=O) groups is 1. The number of rotatable bonds is 8. The molecular formula is C36H42N2O12. The number of cyclic esters (lactones) is 1. The average Bonchev–Trinajstić information content (AvgIpc) is 3.48. The molecule has 0 spiro atoms. The SMILES string of the molecule is CC(C)O[C@@H]1C=C[C@H](O)[C@@H](CO)O1.CC[C@@]1(O)C(=O)OCc2c1cc1n(c2=O)Cc2c-1nc1ccccc1c2COC1C=CC(O)C(CO)O1. The summed E-state index contributed by atoms with van der Waals surface area (Å²) in [5.74, 6) is -0.766. The normalized spacial score (nSPS) is 28.1. The first-order chi connectivity index (χ1) is 24.0. The molecule has 0 saturated heterocycles. The summed E-state index contributed by atoms with van der Waals surface area (Å²) in [6.07, 6.45) is 2.23. The van der Waals surface area contributed by atoms with Gasteiger partial charge in [0.2, 0.25) is 0 Å². The quantitative estimate of drug-likeness (QED) is 0.131. The number of benzene rings is 1. The molecule has 50 heavy (non-hydrogen) atoms. The van der Waals surface area contributed by atoms with Gasteiger partial charge in [0.25, 0.3) is 5.56 Å². The molecule has 0 aliphatic carbocycles. The highest BCUT2D eigenvalue weighted by molar-refractivity contribution is 5.89. The number of pyridine rings is 2. The van der Waals surface area contributed by atoms with E-state index in [2.05, 4.69) is 0 Å². The van der Waals surface area contributed by atoms with Crippen LogP contribution in [-0.4, -0.2) is 97.4 Å². The summed E-state index contributed by atoms with van der Waals surface area (Å²) in [6, 6.07) is 9.24. The first-order valence-corrected chi connectivity index (χ1v) is 16.6. The Hall–Kier alpha value is -3.83. The van der Waals surface area contributed by atoms with E-state index in [9.17, 15) is 30.0 Å². The van der Waals surface area contributed by atoms with Crippen molar-refractivity contribution in [3.05, 3.63) is 87.2 Å². The van der Waals surface area contributed by atoms with Gasteiger partial charge in [-0.2, -0.15) is 0 Å². The van der Waals surface area contributed by atoms with Crippen molar-refractivity contribution >= 4 is 16.9 Å². The third kappa shape index (κ3) is 6.78. The Balaban J connectivity index is 0.000000281. The molecule has 0 radical (unpaired) electrons. The Bertz CT molecular complexity index is 1850. The minimum Gasteiger partial charge on any atom is -0.458 e. The van der Waals surface area contributed by atoms with Crippen molar-refractivity contribution in [3.63, 3.8) is 0 Å². The number of aliphatic hydroxyl groups excluding tert-OH is 4. The van der Waals surface area contributed by atoms with Gasteiger partial charge in [-0.1, -0.05) is 37.3 Å². The number of carbonyl (C=O) groups excluding carboxylic acids is 1. The van der Waals surface area contributed by atoms with E-state index >= 15 is 0 Å². The molecule has 5 N–H and O–H groups in total. The highest BCUT2D eigenvalue weighted by Gasteiger charge is 2.45. The Morgan fingerprint density at radius 2 is 1.64 bits per heavy atom. The van der Waals surface area contributed by atoms with Crippen LogP contribution in [0.5, 0.6) is 0 Å². The van der Waals surface area contributed by atoms with Crippen LogP contribution in [0.15, 0.2) is 59.4 Å². The second kappa shape index (κ2) is 14.8. The summed E-state index contributed by atoms with van der Waals surface area (Å²) < 4.78 is 29.0. The molecule has 0 fully saturated rings. The summed E-state index contributed by atoms with van der Waals surface area (Å²) in [6.45, 7) is 5.08. The maximum atomic E-state index is 13.5. The summed E-state index contributed by atoms with van der Waals surface area (Å²) in [4.78, 5) is 30.8. The van der Waals surface area contributed by atoms with E-state index in [1.54, 1.807) is 35.8 Å². The van der Waals surface area contributed by atoms with Gasteiger partial charge >= 0.3 is 5.97 Å². The van der Waals surface area contributed by atoms with Gasteiger partial charge in [0.05, 0.1) is 54.9 Å². The number of nitrogens with zero attached hydrogens (tertiary/aromatic N) is 2. The molecule has 14 nitrogen and oxygen atoms in total. The van der Waals surface area contributed by atoms with Crippen molar-refractivity contribution in [1.82, 2.24) is 9.55 Å². The van der Waals surface area contributed by atoms with Crippen LogP contribution in [0.25, 0.3) is 22.3 Å². The zero-order valence-corrected chi connectivity index (χ0v) is 28.0. The third-order valence-corrected chi connectivity index (χ3v) is 9.18. The van der Waals surface area contributed by atoms with Crippen LogP contribution in [0.1, 0.15) is 49.4 Å². The molecule has 0 amide bonds. The summed E-state index contributed by atoms with van der Waals surface area (Å²) >= 11 is 0. The summed E-state index contributed by atoms with van der Waals surface area (Å²) in [7, 11) is 0. The van der Waals surface area contributed by atoms with E-state index in [-0.39, 0.29) is 62.2 Å². The molecule has 3 unspecified atom stereocenters. The summed E-state index contributed by atoms with van der Waals surface area (Å²) in [5.41, 5.74) is 1.71. The van der Waals surface area contributed by atoms with Crippen molar-refractivity contribution in [1.29, 1.82) is 0 Å². The van der Waals surface area contributed by atoms with Crippen molar-refractivity contribution in [2.45, 2.75) is 95.7 Å². The number of fused-ring (bicyclic) bond motifs is 5.